The number of carbonyl (C=O) groups excluding carboxylic acids is 1. The van der Waals surface area contributed by atoms with Gasteiger partial charge in [0, 0.05) is 0 Å². The molecule has 0 radical (unpaired) electrons. The number of anilines is 2. The summed E-state index contributed by atoms with van der Waals surface area (Å²) < 4.78 is 39.6. The molecule has 17 heavy (non-hydrogen) atoms. The summed E-state index contributed by atoms with van der Waals surface area (Å²) in [6.07, 6.45) is -7.29. The van der Waals surface area contributed by atoms with Gasteiger partial charge in [-0.15, -0.1) is 0 Å². The van der Waals surface area contributed by atoms with Gasteiger partial charge < -0.3 is 21.9 Å². The number of primary amides is 1. The Morgan fingerprint density at radius 3 is 2.65 bits per heavy atom. The molecule has 10 heteroatoms. The van der Waals surface area contributed by atoms with E-state index in [-0.39, 0.29) is 16.4 Å². The maximum atomic E-state index is 12.0. The molecule has 1 rings (SSSR count). The Labute approximate surface area is 97.6 Å². The number of nitrogens with one attached hydrogen (secondary N) is 1. The van der Waals surface area contributed by atoms with Crippen molar-refractivity contribution in [3.63, 3.8) is 0 Å². The highest BCUT2D eigenvalue weighted by atomic mass is 32.1. The zero-order valence-electron chi connectivity index (χ0n) is 8.28. The Morgan fingerprint density at radius 2 is 2.18 bits per heavy atom. The number of hydrogen-bond donors (Lipinski definition) is 4. The van der Waals surface area contributed by atoms with Crippen molar-refractivity contribution >= 4 is 28.3 Å². The van der Waals surface area contributed by atoms with Gasteiger partial charge in [0.1, 0.15) is 10.6 Å². The highest BCUT2D eigenvalue weighted by Crippen LogP contribution is 2.27. The molecular formula is C7H9F3N4O2S. The first kappa shape index (κ1) is 13.5. The van der Waals surface area contributed by atoms with Gasteiger partial charge in [-0.1, -0.05) is 0 Å². The van der Waals surface area contributed by atoms with Gasteiger partial charge in [-0.25, -0.2) is 0 Å². The number of nitrogens with two attached hydrogens (primary N) is 2. The minimum atomic E-state index is -4.74. The molecule has 1 unspecified atom stereocenters. The topological polar surface area (TPSA) is 114 Å². The molecule has 6 N–H and O–H groups in total. The predicted octanol–water partition coefficient (Wildman–Crippen LogP) is 0.159. The second-order valence-electron chi connectivity index (χ2n) is 3.07. The van der Waals surface area contributed by atoms with Crippen LogP contribution in [0.1, 0.15) is 10.4 Å². The van der Waals surface area contributed by atoms with Crippen molar-refractivity contribution in [3.05, 3.63) is 5.56 Å². The molecule has 0 aromatic carbocycles. The number of hydrogen-bond acceptors (Lipinski definition) is 6. The highest BCUT2D eigenvalue weighted by molar-refractivity contribution is 7.11. The fourth-order valence-corrected chi connectivity index (χ4v) is 1.69. The van der Waals surface area contributed by atoms with Crippen LogP contribution < -0.4 is 16.8 Å². The normalized spacial score (nSPS) is 13.4. The Balaban J connectivity index is 2.74. The lowest BCUT2D eigenvalue weighted by Crippen LogP contribution is -2.35. The molecule has 1 amide bonds. The van der Waals surface area contributed by atoms with Crippen molar-refractivity contribution in [2.45, 2.75) is 12.3 Å². The molecule has 0 bridgehead atoms. The summed E-state index contributed by atoms with van der Waals surface area (Å²) in [6, 6.07) is 0. The van der Waals surface area contributed by atoms with Crippen molar-refractivity contribution in [1.82, 2.24) is 4.37 Å². The van der Waals surface area contributed by atoms with Crippen LogP contribution in [-0.4, -0.2) is 34.2 Å². The summed E-state index contributed by atoms with van der Waals surface area (Å²) in [5.41, 5.74) is 10.1. The number of aliphatic hydroxyl groups is 1. The number of carbonyl (C=O) groups is 1. The minimum Gasteiger partial charge on any atom is -0.382 e. The van der Waals surface area contributed by atoms with E-state index in [1.807, 2.05) is 0 Å². The lowest BCUT2D eigenvalue weighted by Gasteiger charge is -2.15. The molecule has 96 valence electrons. The van der Waals surface area contributed by atoms with Crippen molar-refractivity contribution in [3.8, 4) is 0 Å². The number of alkyl halides is 3. The zero-order valence-corrected chi connectivity index (χ0v) is 9.10. The van der Waals surface area contributed by atoms with E-state index in [0.717, 1.165) is 0 Å². The van der Waals surface area contributed by atoms with E-state index < -0.39 is 24.7 Å². The molecule has 0 spiro atoms. The van der Waals surface area contributed by atoms with Gasteiger partial charge in [-0.05, 0) is 11.5 Å². The van der Waals surface area contributed by atoms with Crippen LogP contribution in [0.2, 0.25) is 0 Å². The zero-order chi connectivity index (χ0) is 13.2. The van der Waals surface area contributed by atoms with Crippen LogP contribution >= 0.6 is 11.5 Å². The second kappa shape index (κ2) is 4.75. The van der Waals surface area contributed by atoms with Crippen LogP contribution in [0.5, 0.6) is 0 Å². The first-order valence-corrected chi connectivity index (χ1v) is 5.04. The number of nitrogens with zero attached hydrogens (tertiary/aromatic N) is 1. The average Bonchev–Trinajstić information content (AvgIpc) is 2.54. The molecule has 6 nitrogen and oxygen atoms in total. The summed E-state index contributed by atoms with van der Waals surface area (Å²) in [4.78, 5) is 10.9. The number of nitrogen functional groups attached to an aromatic ring is 1. The van der Waals surface area contributed by atoms with Crippen LogP contribution in [0.25, 0.3) is 0 Å². The van der Waals surface area contributed by atoms with Gasteiger partial charge >= 0.3 is 6.18 Å². The summed E-state index contributed by atoms with van der Waals surface area (Å²) in [7, 11) is 0. The number of aliphatic hydroxyl groups excluding tert-OH is 1. The Hall–Kier alpha value is -1.55. The Morgan fingerprint density at radius 1 is 1.59 bits per heavy atom. The first-order valence-electron chi connectivity index (χ1n) is 4.27. The van der Waals surface area contributed by atoms with Crippen molar-refractivity contribution in [2.24, 2.45) is 5.73 Å². The van der Waals surface area contributed by atoms with Crippen molar-refractivity contribution in [1.29, 1.82) is 0 Å². The highest BCUT2D eigenvalue weighted by Gasteiger charge is 2.38. The van der Waals surface area contributed by atoms with Crippen LogP contribution in [0.4, 0.5) is 24.0 Å². The summed E-state index contributed by atoms with van der Waals surface area (Å²) in [6.45, 7) is -0.814. The van der Waals surface area contributed by atoms with Gasteiger partial charge in [-0.3, -0.25) is 4.79 Å². The van der Waals surface area contributed by atoms with Crippen LogP contribution in [-0.2, 0) is 0 Å². The van der Waals surface area contributed by atoms with Crippen molar-refractivity contribution < 1.29 is 23.1 Å². The SMILES string of the molecule is NC(=O)c1c(N)nsc1NCC(O)C(F)(F)F. The second-order valence-corrected chi connectivity index (χ2v) is 3.85. The van der Waals surface area contributed by atoms with E-state index in [2.05, 4.69) is 9.69 Å². The molecule has 0 aliphatic rings. The van der Waals surface area contributed by atoms with Gasteiger partial charge in [0.25, 0.3) is 5.91 Å². The van der Waals surface area contributed by atoms with Crippen molar-refractivity contribution in [2.75, 3.05) is 17.6 Å². The fourth-order valence-electron chi connectivity index (χ4n) is 0.966. The molecule has 0 aliphatic heterocycles. The fraction of sp³-hybridized carbons (Fsp3) is 0.429. The maximum Gasteiger partial charge on any atom is 0.416 e. The lowest BCUT2D eigenvalue weighted by molar-refractivity contribution is -0.198. The Kier molecular flexibility index (Phi) is 3.78. The standard InChI is InChI=1S/C7H9F3N4O2S/c8-7(9,10)2(15)1-13-6-3(5(12)16)4(11)14-17-6/h2,13,15H,1H2,(H2,11,14)(H2,12,16). The maximum absolute atomic E-state index is 12.0. The molecule has 1 heterocycles. The number of halogens is 3. The molecule has 1 atom stereocenters. The molecular weight excluding hydrogens is 261 g/mol. The molecule has 0 saturated heterocycles. The van der Waals surface area contributed by atoms with Crippen LogP contribution in [0, 0.1) is 0 Å². The third kappa shape index (κ3) is 3.20. The van der Waals surface area contributed by atoms with Gasteiger partial charge in [-0.2, -0.15) is 17.5 Å². The van der Waals surface area contributed by atoms with E-state index in [1.54, 1.807) is 0 Å². The summed E-state index contributed by atoms with van der Waals surface area (Å²) in [5.74, 6) is -1.06. The first-order chi connectivity index (χ1) is 7.73. The molecule has 0 saturated carbocycles. The van der Waals surface area contributed by atoms with Gasteiger partial charge in [0.15, 0.2) is 11.9 Å². The third-order valence-corrected chi connectivity index (χ3v) is 2.62. The van der Waals surface area contributed by atoms with Crippen LogP contribution in [0.3, 0.4) is 0 Å². The van der Waals surface area contributed by atoms with E-state index in [9.17, 15) is 18.0 Å². The molecule has 1 aromatic rings. The number of rotatable bonds is 4. The quantitative estimate of drug-likeness (QED) is 0.622. The molecule has 0 fully saturated rings. The van der Waals surface area contributed by atoms with E-state index in [4.69, 9.17) is 16.6 Å². The predicted molar refractivity (Wildman–Crippen MR) is 55.6 cm³/mol. The lowest BCUT2D eigenvalue weighted by atomic mass is 10.3. The molecule has 1 aromatic heterocycles. The number of amides is 1. The molecule has 0 aliphatic carbocycles. The third-order valence-electron chi connectivity index (χ3n) is 1.80. The monoisotopic (exact) mass is 270 g/mol. The largest absolute Gasteiger partial charge is 0.416 e. The van der Waals surface area contributed by atoms with E-state index in [1.165, 1.54) is 0 Å². The Bertz CT molecular complexity index is 420. The summed E-state index contributed by atoms with van der Waals surface area (Å²) >= 11 is 0.692. The average molecular weight is 270 g/mol. The number of aromatic nitrogens is 1. The van der Waals surface area contributed by atoms with Gasteiger partial charge in [0.2, 0.25) is 0 Å². The summed E-state index contributed by atoms with van der Waals surface area (Å²) in [5, 5.41) is 11.0. The van der Waals surface area contributed by atoms with Gasteiger partial charge in [0.05, 0.1) is 6.54 Å². The van der Waals surface area contributed by atoms with E-state index >= 15 is 0 Å². The van der Waals surface area contributed by atoms with E-state index in [0.29, 0.717) is 11.5 Å². The van der Waals surface area contributed by atoms with Crippen LogP contribution in [0.15, 0.2) is 0 Å². The smallest absolute Gasteiger partial charge is 0.382 e. The minimum absolute atomic E-state index is 0.00157.